The second-order valence-electron chi connectivity index (χ2n) is 3.97. The number of amides is 1. The summed E-state index contributed by atoms with van der Waals surface area (Å²) in [5.74, 6) is -3.66. The number of benzene rings is 1. The second-order valence-corrected chi connectivity index (χ2v) is 3.97. The van der Waals surface area contributed by atoms with Crippen molar-refractivity contribution in [1.29, 1.82) is 0 Å². The molecule has 0 spiro atoms. The van der Waals surface area contributed by atoms with Gasteiger partial charge in [-0.1, -0.05) is 30.4 Å². The Bertz CT molecular complexity index is 527. The highest BCUT2D eigenvalue weighted by Crippen LogP contribution is 2.35. The van der Waals surface area contributed by atoms with E-state index in [1.54, 1.807) is 12.1 Å². The first kappa shape index (κ1) is 12.3. The molecule has 0 bridgehead atoms. The molecule has 0 heterocycles. The number of carboxylic acid groups (broad SMARTS) is 1. The summed E-state index contributed by atoms with van der Waals surface area (Å²) in [5.41, 5.74) is 0.367. The number of nitrogens with one attached hydrogen (secondary N) is 1. The molecule has 1 aliphatic carbocycles. The first-order valence-corrected chi connectivity index (χ1v) is 5.33. The Balaban J connectivity index is 2.38. The van der Waals surface area contributed by atoms with E-state index in [0.717, 1.165) is 6.08 Å². The van der Waals surface area contributed by atoms with Crippen LogP contribution in [0, 0.1) is 5.82 Å². The molecular formula is C13H11F2NO2. The van der Waals surface area contributed by atoms with Crippen molar-refractivity contribution in [1.82, 2.24) is 5.32 Å². The quantitative estimate of drug-likeness (QED) is 0.794. The van der Waals surface area contributed by atoms with Crippen LogP contribution in [0.4, 0.5) is 13.6 Å². The lowest BCUT2D eigenvalue weighted by molar-refractivity contribution is 0.129. The van der Waals surface area contributed by atoms with E-state index in [1.807, 2.05) is 5.32 Å². The normalized spacial score (nSPS) is 26.0. The molecule has 0 saturated heterocycles. The number of hydrogen-bond donors (Lipinski definition) is 2. The van der Waals surface area contributed by atoms with Crippen LogP contribution in [0.3, 0.4) is 0 Å². The summed E-state index contributed by atoms with van der Waals surface area (Å²) < 4.78 is 27.7. The van der Waals surface area contributed by atoms with Gasteiger partial charge in [-0.2, -0.15) is 0 Å². The van der Waals surface area contributed by atoms with Crippen LogP contribution in [-0.4, -0.2) is 17.0 Å². The predicted molar refractivity (Wildman–Crippen MR) is 62.4 cm³/mol. The fraction of sp³-hybridized carbons (Fsp3) is 0.154. The van der Waals surface area contributed by atoms with Crippen molar-refractivity contribution in [3.63, 3.8) is 0 Å². The molecule has 5 heteroatoms. The highest BCUT2D eigenvalue weighted by molar-refractivity contribution is 5.66. The van der Waals surface area contributed by atoms with Crippen LogP contribution in [0.1, 0.15) is 11.5 Å². The molecular weight excluding hydrogens is 240 g/mol. The average Bonchev–Trinajstić information content (AvgIpc) is 2.27. The summed E-state index contributed by atoms with van der Waals surface area (Å²) in [7, 11) is 0. The van der Waals surface area contributed by atoms with Crippen LogP contribution in [0.15, 0.2) is 48.6 Å². The monoisotopic (exact) mass is 251 g/mol. The topological polar surface area (TPSA) is 49.3 Å². The Kier molecular flexibility index (Phi) is 3.14. The summed E-state index contributed by atoms with van der Waals surface area (Å²) in [6.45, 7) is 0. The molecule has 1 aromatic carbocycles. The first-order valence-electron chi connectivity index (χ1n) is 5.33. The van der Waals surface area contributed by atoms with Crippen molar-refractivity contribution in [2.24, 2.45) is 0 Å². The van der Waals surface area contributed by atoms with E-state index < -0.39 is 23.6 Å². The molecule has 3 nitrogen and oxygen atoms in total. The van der Waals surface area contributed by atoms with Crippen LogP contribution in [0.25, 0.3) is 0 Å². The molecule has 94 valence electrons. The maximum Gasteiger partial charge on any atom is 0.407 e. The highest BCUT2D eigenvalue weighted by Gasteiger charge is 2.39. The largest absolute Gasteiger partial charge is 0.465 e. The van der Waals surface area contributed by atoms with Gasteiger partial charge in [0.1, 0.15) is 5.82 Å². The molecule has 18 heavy (non-hydrogen) atoms. The third kappa shape index (κ3) is 2.40. The van der Waals surface area contributed by atoms with Crippen molar-refractivity contribution < 1.29 is 18.7 Å². The summed E-state index contributed by atoms with van der Waals surface area (Å²) in [6, 6.07) is 5.44. The van der Waals surface area contributed by atoms with Gasteiger partial charge >= 0.3 is 6.09 Å². The van der Waals surface area contributed by atoms with Crippen molar-refractivity contribution in [2.45, 2.75) is 11.7 Å². The fourth-order valence-electron chi connectivity index (χ4n) is 1.95. The van der Waals surface area contributed by atoms with Gasteiger partial charge in [0.2, 0.25) is 5.79 Å². The molecule has 2 unspecified atom stereocenters. The maximum atomic E-state index is 14.6. The van der Waals surface area contributed by atoms with Crippen molar-refractivity contribution in [3.05, 3.63) is 60.0 Å². The molecule has 0 radical (unpaired) electrons. The number of alkyl halides is 1. The van der Waals surface area contributed by atoms with Gasteiger partial charge in [-0.3, -0.25) is 5.32 Å². The SMILES string of the molecule is O=C(O)NC1(F)C=CC=CC1c1cccc(F)c1. The molecule has 0 saturated carbocycles. The minimum absolute atomic E-state index is 0.367. The summed E-state index contributed by atoms with van der Waals surface area (Å²) in [4.78, 5) is 10.6. The van der Waals surface area contributed by atoms with E-state index in [-0.39, 0.29) is 0 Å². The highest BCUT2D eigenvalue weighted by atomic mass is 19.1. The van der Waals surface area contributed by atoms with Gasteiger partial charge < -0.3 is 5.11 Å². The molecule has 1 aromatic rings. The van der Waals surface area contributed by atoms with Crippen LogP contribution < -0.4 is 5.32 Å². The van der Waals surface area contributed by atoms with Crippen LogP contribution >= 0.6 is 0 Å². The molecule has 0 fully saturated rings. The van der Waals surface area contributed by atoms with E-state index >= 15 is 0 Å². The molecule has 0 aromatic heterocycles. The standard InChI is InChI=1S/C13H11F2NO2/c14-10-5-3-4-9(8-10)11-6-1-2-7-13(11,15)16-12(17)18/h1-8,11,16H,(H,17,18). The van der Waals surface area contributed by atoms with Crippen LogP contribution in [-0.2, 0) is 0 Å². The van der Waals surface area contributed by atoms with Gasteiger partial charge in [-0.15, -0.1) is 0 Å². The third-order valence-electron chi connectivity index (χ3n) is 2.71. The first-order chi connectivity index (χ1) is 8.51. The van der Waals surface area contributed by atoms with Crippen molar-refractivity contribution in [2.75, 3.05) is 0 Å². The lowest BCUT2D eigenvalue weighted by Crippen LogP contribution is -2.47. The number of carbonyl (C=O) groups is 1. The smallest absolute Gasteiger partial charge is 0.407 e. The van der Waals surface area contributed by atoms with E-state index in [1.165, 1.54) is 30.4 Å². The number of allylic oxidation sites excluding steroid dienone is 2. The minimum atomic E-state index is -2.27. The average molecular weight is 251 g/mol. The third-order valence-corrected chi connectivity index (χ3v) is 2.71. The van der Waals surface area contributed by atoms with Gasteiger partial charge in [0.15, 0.2) is 0 Å². The summed E-state index contributed by atoms with van der Waals surface area (Å²) >= 11 is 0. The molecule has 0 aliphatic heterocycles. The van der Waals surface area contributed by atoms with Gasteiger partial charge in [0.25, 0.3) is 0 Å². The maximum absolute atomic E-state index is 14.6. The van der Waals surface area contributed by atoms with E-state index in [4.69, 9.17) is 5.11 Å². The number of rotatable bonds is 2. The van der Waals surface area contributed by atoms with Gasteiger partial charge in [-0.25, -0.2) is 13.6 Å². The Morgan fingerprint density at radius 2 is 2.17 bits per heavy atom. The van der Waals surface area contributed by atoms with E-state index in [9.17, 15) is 13.6 Å². The van der Waals surface area contributed by atoms with Crippen molar-refractivity contribution >= 4 is 6.09 Å². The number of hydrogen-bond acceptors (Lipinski definition) is 1. The minimum Gasteiger partial charge on any atom is -0.465 e. The molecule has 2 rings (SSSR count). The van der Waals surface area contributed by atoms with Gasteiger partial charge in [-0.05, 0) is 23.8 Å². The Hall–Kier alpha value is -2.17. The van der Waals surface area contributed by atoms with Gasteiger partial charge in [0, 0.05) is 0 Å². The zero-order chi connectivity index (χ0) is 13.2. The van der Waals surface area contributed by atoms with E-state index in [2.05, 4.69) is 0 Å². The predicted octanol–water partition coefficient (Wildman–Crippen LogP) is 2.97. The molecule has 2 N–H and O–H groups in total. The zero-order valence-electron chi connectivity index (χ0n) is 9.31. The van der Waals surface area contributed by atoms with Gasteiger partial charge in [0.05, 0.1) is 5.92 Å². The zero-order valence-corrected chi connectivity index (χ0v) is 9.31. The Morgan fingerprint density at radius 3 is 2.83 bits per heavy atom. The summed E-state index contributed by atoms with van der Waals surface area (Å²) in [5, 5.41) is 10.5. The van der Waals surface area contributed by atoms with Crippen LogP contribution in [0.5, 0.6) is 0 Å². The summed E-state index contributed by atoms with van der Waals surface area (Å²) in [6.07, 6.45) is 4.13. The second kappa shape index (κ2) is 4.60. The van der Waals surface area contributed by atoms with Crippen molar-refractivity contribution in [3.8, 4) is 0 Å². The lowest BCUT2D eigenvalue weighted by Gasteiger charge is -2.31. The molecule has 1 aliphatic rings. The Morgan fingerprint density at radius 1 is 1.39 bits per heavy atom. The Labute approximate surface area is 102 Å². The van der Waals surface area contributed by atoms with Crippen LogP contribution in [0.2, 0.25) is 0 Å². The molecule has 1 amide bonds. The number of halogens is 2. The molecule has 2 atom stereocenters. The fourth-order valence-corrected chi connectivity index (χ4v) is 1.95. The van der Waals surface area contributed by atoms with E-state index in [0.29, 0.717) is 5.56 Å². The lowest BCUT2D eigenvalue weighted by atomic mass is 9.86.